The van der Waals surface area contributed by atoms with Gasteiger partial charge in [-0.25, -0.2) is 4.98 Å². The van der Waals surface area contributed by atoms with E-state index >= 15 is 0 Å². The summed E-state index contributed by atoms with van der Waals surface area (Å²) < 4.78 is 2.24. The molecule has 0 aliphatic carbocycles. The number of rotatable bonds is 4. The standard InChI is InChI=1S/C20H26N4O/c1-22-12-13-23(2)19(15-22)16-24-11-10-21-20(24)18-8-6-17(7-9-18)5-3-4-14-25/h6-11,19,25H,4,12-16H2,1-2H3/t19-/m1/s1. The minimum absolute atomic E-state index is 0.104. The molecule has 0 radical (unpaired) electrons. The molecule has 0 amide bonds. The summed E-state index contributed by atoms with van der Waals surface area (Å²) in [4.78, 5) is 9.39. The predicted molar refractivity (Wildman–Crippen MR) is 100 cm³/mol. The lowest BCUT2D eigenvalue weighted by Gasteiger charge is -2.38. The third-order valence-corrected chi connectivity index (χ3v) is 4.72. The van der Waals surface area contributed by atoms with Crippen molar-refractivity contribution in [3.05, 3.63) is 42.2 Å². The Bertz CT molecular complexity index is 741. The molecule has 0 bridgehead atoms. The highest BCUT2D eigenvalue weighted by Crippen LogP contribution is 2.20. The first-order chi connectivity index (χ1) is 12.2. The van der Waals surface area contributed by atoms with E-state index in [-0.39, 0.29) is 6.61 Å². The van der Waals surface area contributed by atoms with Gasteiger partial charge in [0.05, 0.1) is 6.61 Å². The van der Waals surface area contributed by atoms with Gasteiger partial charge in [-0.3, -0.25) is 4.90 Å². The van der Waals surface area contributed by atoms with Gasteiger partial charge in [0.1, 0.15) is 5.82 Å². The molecule has 25 heavy (non-hydrogen) atoms. The van der Waals surface area contributed by atoms with E-state index in [1.54, 1.807) is 0 Å². The van der Waals surface area contributed by atoms with Gasteiger partial charge in [-0.2, -0.15) is 0 Å². The maximum Gasteiger partial charge on any atom is 0.139 e. The number of imidazole rings is 1. The summed E-state index contributed by atoms with van der Waals surface area (Å²) in [6, 6.07) is 8.66. The van der Waals surface area contributed by atoms with Gasteiger partial charge in [0.2, 0.25) is 0 Å². The zero-order valence-electron chi connectivity index (χ0n) is 15.0. The maximum atomic E-state index is 8.79. The van der Waals surface area contributed by atoms with Crippen LogP contribution < -0.4 is 0 Å². The fraction of sp³-hybridized carbons (Fsp3) is 0.450. The van der Waals surface area contributed by atoms with Gasteiger partial charge in [-0.15, -0.1) is 0 Å². The van der Waals surface area contributed by atoms with Gasteiger partial charge >= 0.3 is 0 Å². The molecule has 1 fully saturated rings. The fourth-order valence-electron chi connectivity index (χ4n) is 3.17. The molecule has 1 atom stereocenters. The number of aliphatic hydroxyl groups excluding tert-OH is 1. The Morgan fingerprint density at radius 3 is 2.76 bits per heavy atom. The van der Waals surface area contributed by atoms with Crippen LogP contribution in [0.25, 0.3) is 11.4 Å². The molecule has 1 N–H and O–H groups in total. The number of benzene rings is 1. The summed E-state index contributed by atoms with van der Waals surface area (Å²) in [7, 11) is 4.39. The Morgan fingerprint density at radius 2 is 2.00 bits per heavy atom. The summed E-state index contributed by atoms with van der Waals surface area (Å²) in [5, 5.41) is 8.79. The Kier molecular flexibility index (Phi) is 5.87. The van der Waals surface area contributed by atoms with E-state index in [2.05, 4.69) is 63.6 Å². The van der Waals surface area contributed by atoms with Crippen molar-refractivity contribution in [2.45, 2.75) is 19.0 Å². The second kappa shape index (κ2) is 8.30. The van der Waals surface area contributed by atoms with Crippen LogP contribution in [0.2, 0.25) is 0 Å². The Balaban J connectivity index is 1.74. The van der Waals surface area contributed by atoms with Crippen molar-refractivity contribution in [2.75, 3.05) is 40.3 Å². The van der Waals surface area contributed by atoms with Gasteiger partial charge in [0.25, 0.3) is 0 Å². The molecule has 1 aromatic carbocycles. The second-order valence-electron chi connectivity index (χ2n) is 6.65. The summed E-state index contributed by atoms with van der Waals surface area (Å²) in [6.45, 7) is 4.35. The molecule has 5 nitrogen and oxygen atoms in total. The van der Waals surface area contributed by atoms with Crippen LogP contribution in [0.5, 0.6) is 0 Å². The van der Waals surface area contributed by atoms with Crippen molar-refractivity contribution < 1.29 is 5.11 Å². The van der Waals surface area contributed by atoms with Gasteiger partial charge < -0.3 is 14.6 Å². The fourth-order valence-corrected chi connectivity index (χ4v) is 3.17. The van der Waals surface area contributed by atoms with Gasteiger partial charge in [0, 0.05) is 62.2 Å². The average Bonchev–Trinajstić information content (AvgIpc) is 3.07. The van der Waals surface area contributed by atoms with Crippen LogP contribution in [-0.4, -0.2) is 70.8 Å². The monoisotopic (exact) mass is 338 g/mol. The Morgan fingerprint density at radius 1 is 1.20 bits per heavy atom. The van der Waals surface area contributed by atoms with Crippen LogP contribution in [0.3, 0.4) is 0 Å². The number of piperazine rings is 1. The number of nitrogens with zero attached hydrogens (tertiary/aromatic N) is 4. The molecule has 1 aliphatic heterocycles. The van der Waals surface area contributed by atoms with Crippen molar-refractivity contribution in [2.24, 2.45) is 0 Å². The average molecular weight is 338 g/mol. The zero-order chi connectivity index (χ0) is 17.6. The first-order valence-corrected chi connectivity index (χ1v) is 8.77. The van der Waals surface area contributed by atoms with Crippen molar-refractivity contribution in [3.63, 3.8) is 0 Å². The number of hydrogen-bond donors (Lipinski definition) is 1. The number of aliphatic hydroxyl groups is 1. The molecule has 132 valence electrons. The van der Waals surface area contributed by atoms with E-state index in [4.69, 9.17) is 5.11 Å². The lowest BCUT2D eigenvalue weighted by Crippen LogP contribution is -2.51. The highest BCUT2D eigenvalue weighted by Gasteiger charge is 2.23. The van der Waals surface area contributed by atoms with Gasteiger partial charge in [0.15, 0.2) is 0 Å². The van der Waals surface area contributed by atoms with Crippen LogP contribution in [0.1, 0.15) is 12.0 Å². The largest absolute Gasteiger partial charge is 0.395 e. The quantitative estimate of drug-likeness (QED) is 0.859. The lowest BCUT2D eigenvalue weighted by atomic mass is 10.1. The highest BCUT2D eigenvalue weighted by molar-refractivity contribution is 5.57. The third kappa shape index (κ3) is 4.49. The summed E-state index contributed by atoms with van der Waals surface area (Å²) in [5.41, 5.74) is 2.06. The molecule has 2 aromatic rings. The predicted octanol–water partition coefficient (Wildman–Crippen LogP) is 1.53. The topological polar surface area (TPSA) is 44.5 Å². The van der Waals surface area contributed by atoms with Crippen molar-refractivity contribution >= 4 is 0 Å². The van der Waals surface area contributed by atoms with Crippen molar-refractivity contribution in [3.8, 4) is 23.2 Å². The van der Waals surface area contributed by atoms with E-state index in [0.717, 1.165) is 43.1 Å². The smallest absolute Gasteiger partial charge is 0.139 e. The van der Waals surface area contributed by atoms with Crippen molar-refractivity contribution in [1.82, 2.24) is 19.4 Å². The van der Waals surface area contributed by atoms with Crippen molar-refractivity contribution in [1.29, 1.82) is 0 Å². The second-order valence-corrected chi connectivity index (χ2v) is 6.65. The number of hydrogen-bond acceptors (Lipinski definition) is 4. The first kappa shape index (κ1) is 17.7. The summed E-state index contributed by atoms with van der Waals surface area (Å²) in [5.74, 6) is 7.01. The first-order valence-electron chi connectivity index (χ1n) is 8.77. The summed E-state index contributed by atoms with van der Waals surface area (Å²) in [6.07, 6.45) is 4.44. The van der Waals surface area contributed by atoms with Gasteiger partial charge in [-0.05, 0) is 26.2 Å². The van der Waals surface area contributed by atoms with E-state index < -0.39 is 0 Å². The molecule has 0 unspecified atom stereocenters. The molecular weight excluding hydrogens is 312 g/mol. The Hall–Kier alpha value is -2.13. The molecule has 2 heterocycles. The van der Waals surface area contributed by atoms with Crippen LogP contribution >= 0.6 is 0 Å². The molecule has 1 aromatic heterocycles. The molecule has 5 heteroatoms. The molecule has 1 aliphatic rings. The van der Waals surface area contributed by atoms with E-state index in [1.807, 2.05) is 18.3 Å². The molecular formula is C20H26N4O. The normalized spacial score (nSPS) is 18.8. The highest BCUT2D eigenvalue weighted by atomic mass is 16.2. The van der Waals surface area contributed by atoms with E-state index in [1.165, 1.54) is 0 Å². The number of likely N-dealkylation sites (N-methyl/N-ethyl adjacent to an activating group) is 2. The SMILES string of the molecule is CN1CCN(C)[C@@H](Cn2ccnc2-c2ccc(C#CCCO)cc2)C1. The van der Waals surface area contributed by atoms with Crippen LogP contribution in [0, 0.1) is 11.8 Å². The lowest BCUT2D eigenvalue weighted by molar-refractivity contribution is 0.103. The van der Waals surface area contributed by atoms with Gasteiger partial charge in [-0.1, -0.05) is 24.0 Å². The molecule has 0 saturated carbocycles. The minimum Gasteiger partial charge on any atom is -0.395 e. The van der Waals surface area contributed by atoms with Crippen LogP contribution in [-0.2, 0) is 6.54 Å². The minimum atomic E-state index is 0.104. The van der Waals surface area contributed by atoms with E-state index in [0.29, 0.717) is 12.5 Å². The molecule has 3 rings (SSSR count). The van der Waals surface area contributed by atoms with Crippen LogP contribution in [0.4, 0.5) is 0 Å². The maximum absolute atomic E-state index is 8.79. The third-order valence-electron chi connectivity index (χ3n) is 4.72. The number of aromatic nitrogens is 2. The molecule has 1 saturated heterocycles. The Labute approximate surface area is 149 Å². The summed E-state index contributed by atoms with van der Waals surface area (Å²) >= 11 is 0. The zero-order valence-corrected chi connectivity index (χ0v) is 15.0. The van der Waals surface area contributed by atoms with Crippen LogP contribution in [0.15, 0.2) is 36.7 Å². The molecule has 0 spiro atoms. The van der Waals surface area contributed by atoms with E-state index in [9.17, 15) is 0 Å².